The molecule has 18 heavy (non-hydrogen) atoms. The van der Waals surface area contributed by atoms with Gasteiger partial charge in [-0.3, -0.25) is 4.90 Å². The molecule has 2 heteroatoms. The van der Waals surface area contributed by atoms with E-state index >= 15 is 0 Å². The zero-order valence-corrected chi connectivity index (χ0v) is 11.9. The van der Waals surface area contributed by atoms with Crippen molar-refractivity contribution in [1.29, 1.82) is 0 Å². The molecule has 0 saturated carbocycles. The van der Waals surface area contributed by atoms with Crippen LogP contribution in [0.3, 0.4) is 0 Å². The second kappa shape index (κ2) is 5.85. The van der Waals surface area contributed by atoms with Crippen LogP contribution in [-0.2, 0) is 0 Å². The number of likely N-dealkylation sites (tertiary alicyclic amines) is 1. The molecular weight excluding hydrogens is 220 g/mol. The van der Waals surface area contributed by atoms with E-state index < -0.39 is 0 Å². The Labute approximate surface area is 111 Å². The summed E-state index contributed by atoms with van der Waals surface area (Å²) < 4.78 is 0. The minimum atomic E-state index is 0.495. The first-order chi connectivity index (χ1) is 8.63. The Hall–Kier alpha value is -0.860. The summed E-state index contributed by atoms with van der Waals surface area (Å²) in [6.07, 6.45) is 2.66. The van der Waals surface area contributed by atoms with Crippen molar-refractivity contribution >= 4 is 0 Å². The van der Waals surface area contributed by atoms with Gasteiger partial charge in [0.15, 0.2) is 0 Å². The van der Waals surface area contributed by atoms with E-state index in [1.54, 1.807) is 0 Å². The average Bonchev–Trinajstić information content (AvgIpc) is 2.87. The molecule has 0 amide bonds. The number of nitrogens with two attached hydrogens (primary N) is 1. The van der Waals surface area contributed by atoms with Gasteiger partial charge in [0.2, 0.25) is 0 Å². The van der Waals surface area contributed by atoms with Gasteiger partial charge in [-0.15, -0.1) is 0 Å². The summed E-state index contributed by atoms with van der Waals surface area (Å²) >= 11 is 0. The lowest BCUT2D eigenvalue weighted by atomic mass is 9.90. The highest BCUT2D eigenvalue weighted by molar-refractivity contribution is 5.32. The van der Waals surface area contributed by atoms with Crippen molar-refractivity contribution < 1.29 is 0 Å². The standard InChI is InChI=1S/C16H26N2/c1-12-6-7-15(10-13(12)2)14(3)16(11-17)18-8-4-5-9-18/h6-7,10,14,16H,4-5,8-9,11,17H2,1-3H3. The van der Waals surface area contributed by atoms with Gasteiger partial charge in [-0.2, -0.15) is 0 Å². The summed E-state index contributed by atoms with van der Waals surface area (Å²) in [5, 5.41) is 0. The Morgan fingerprint density at radius 1 is 1.17 bits per heavy atom. The van der Waals surface area contributed by atoms with E-state index in [1.165, 1.54) is 42.6 Å². The van der Waals surface area contributed by atoms with Crippen molar-refractivity contribution in [3.05, 3.63) is 34.9 Å². The normalized spacial score (nSPS) is 20.0. The summed E-state index contributed by atoms with van der Waals surface area (Å²) in [5.41, 5.74) is 10.2. The van der Waals surface area contributed by atoms with E-state index in [9.17, 15) is 0 Å². The molecular formula is C16H26N2. The molecule has 1 saturated heterocycles. The van der Waals surface area contributed by atoms with E-state index in [-0.39, 0.29) is 0 Å². The zero-order chi connectivity index (χ0) is 13.1. The molecule has 1 aromatic carbocycles. The van der Waals surface area contributed by atoms with E-state index in [0.29, 0.717) is 12.0 Å². The SMILES string of the molecule is Cc1ccc(C(C)C(CN)N2CCCC2)cc1C. The van der Waals surface area contributed by atoms with Gasteiger partial charge < -0.3 is 5.73 Å². The van der Waals surface area contributed by atoms with Crippen LogP contribution >= 0.6 is 0 Å². The Morgan fingerprint density at radius 2 is 1.83 bits per heavy atom. The Balaban J connectivity index is 2.16. The number of rotatable bonds is 4. The Bertz CT molecular complexity index is 394. The van der Waals surface area contributed by atoms with Gasteiger partial charge >= 0.3 is 0 Å². The van der Waals surface area contributed by atoms with Crippen molar-refractivity contribution in [1.82, 2.24) is 4.90 Å². The lowest BCUT2D eigenvalue weighted by Gasteiger charge is -2.32. The Morgan fingerprint density at radius 3 is 2.39 bits per heavy atom. The predicted octanol–water partition coefficient (Wildman–Crippen LogP) is 2.83. The topological polar surface area (TPSA) is 29.3 Å². The van der Waals surface area contributed by atoms with Crippen LogP contribution < -0.4 is 5.73 Å². The number of hydrogen-bond donors (Lipinski definition) is 1. The van der Waals surface area contributed by atoms with Crippen LogP contribution in [0.25, 0.3) is 0 Å². The van der Waals surface area contributed by atoms with Crippen LogP contribution in [0.1, 0.15) is 42.4 Å². The molecule has 1 aromatic rings. The van der Waals surface area contributed by atoms with E-state index in [2.05, 4.69) is 43.9 Å². The quantitative estimate of drug-likeness (QED) is 0.885. The fourth-order valence-corrected chi connectivity index (χ4v) is 3.01. The monoisotopic (exact) mass is 246 g/mol. The summed E-state index contributed by atoms with van der Waals surface area (Å²) in [6, 6.07) is 7.33. The van der Waals surface area contributed by atoms with Crippen LogP contribution in [0.5, 0.6) is 0 Å². The minimum Gasteiger partial charge on any atom is -0.329 e. The summed E-state index contributed by atoms with van der Waals surface area (Å²) in [7, 11) is 0. The van der Waals surface area contributed by atoms with E-state index in [0.717, 1.165) is 6.54 Å². The van der Waals surface area contributed by atoms with Gasteiger partial charge in [0.25, 0.3) is 0 Å². The summed E-state index contributed by atoms with van der Waals surface area (Å²) in [5.74, 6) is 0.521. The molecule has 0 bridgehead atoms. The molecule has 2 unspecified atom stereocenters. The zero-order valence-electron chi connectivity index (χ0n) is 11.9. The third-order valence-corrected chi connectivity index (χ3v) is 4.49. The van der Waals surface area contributed by atoms with Crippen LogP contribution in [0.2, 0.25) is 0 Å². The van der Waals surface area contributed by atoms with Crippen LogP contribution in [0.15, 0.2) is 18.2 Å². The molecule has 0 aliphatic carbocycles. The van der Waals surface area contributed by atoms with Crippen molar-refractivity contribution in [2.24, 2.45) is 5.73 Å². The molecule has 2 N–H and O–H groups in total. The smallest absolute Gasteiger partial charge is 0.0284 e. The maximum absolute atomic E-state index is 6.02. The highest BCUT2D eigenvalue weighted by Gasteiger charge is 2.26. The fourth-order valence-electron chi connectivity index (χ4n) is 3.01. The molecule has 1 aliphatic rings. The van der Waals surface area contributed by atoms with Crippen LogP contribution in [0.4, 0.5) is 0 Å². The second-order valence-corrected chi connectivity index (χ2v) is 5.68. The molecule has 1 aliphatic heterocycles. The number of hydrogen-bond acceptors (Lipinski definition) is 2. The predicted molar refractivity (Wildman–Crippen MR) is 78.0 cm³/mol. The van der Waals surface area contributed by atoms with Gasteiger partial charge in [-0.25, -0.2) is 0 Å². The molecule has 2 nitrogen and oxygen atoms in total. The molecule has 0 spiro atoms. The first kappa shape index (κ1) is 13.6. The van der Waals surface area contributed by atoms with Crippen LogP contribution in [0, 0.1) is 13.8 Å². The van der Waals surface area contributed by atoms with Gasteiger partial charge in [0.05, 0.1) is 0 Å². The van der Waals surface area contributed by atoms with E-state index in [4.69, 9.17) is 5.73 Å². The van der Waals surface area contributed by atoms with Crippen molar-refractivity contribution in [2.75, 3.05) is 19.6 Å². The number of benzene rings is 1. The van der Waals surface area contributed by atoms with Crippen molar-refractivity contribution in [3.8, 4) is 0 Å². The molecule has 1 heterocycles. The molecule has 100 valence electrons. The minimum absolute atomic E-state index is 0.495. The van der Waals surface area contributed by atoms with Gasteiger partial charge in [0.1, 0.15) is 0 Å². The lowest BCUT2D eigenvalue weighted by molar-refractivity contribution is 0.221. The maximum atomic E-state index is 6.02. The van der Waals surface area contributed by atoms with E-state index in [1.807, 2.05) is 0 Å². The van der Waals surface area contributed by atoms with Gasteiger partial charge in [0, 0.05) is 12.6 Å². The molecule has 2 rings (SSSR count). The largest absolute Gasteiger partial charge is 0.329 e. The number of nitrogens with zero attached hydrogens (tertiary/aromatic N) is 1. The van der Waals surface area contributed by atoms with Gasteiger partial charge in [-0.1, -0.05) is 25.1 Å². The summed E-state index contributed by atoms with van der Waals surface area (Å²) in [4.78, 5) is 2.57. The van der Waals surface area contributed by atoms with Crippen LogP contribution in [-0.4, -0.2) is 30.6 Å². The molecule has 0 aromatic heterocycles. The summed E-state index contributed by atoms with van der Waals surface area (Å²) in [6.45, 7) is 9.88. The number of aryl methyl sites for hydroxylation is 2. The molecule has 2 atom stereocenters. The lowest BCUT2D eigenvalue weighted by Crippen LogP contribution is -2.42. The third-order valence-electron chi connectivity index (χ3n) is 4.49. The highest BCUT2D eigenvalue weighted by Crippen LogP contribution is 2.26. The van der Waals surface area contributed by atoms with Gasteiger partial charge in [-0.05, 0) is 62.4 Å². The third kappa shape index (κ3) is 2.76. The first-order valence-corrected chi connectivity index (χ1v) is 7.14. The molecule has 1 fully saturated rings. The average molecular weight is 246 g/mol. The molecule has 0 radical (unpaired) electrons. The first-order valence-electron chi connectivity index (χ1n) is 7.14. The van der Waals surface area contributed by atoms with Crippen molar-refractivity contribution in [2.45, 2.75) is 45.6 Å². The Kier molecular flexibility index (Phi) is 4.41. The second-order valence-electron chi connectivity index (χ2n) is 5.68. The fraction of sp³-hybridized carbons (Fsp3) is 0.625. The maximum Gasteiger partial charge on any atom is 0.0284 e. The highest BCUT2D eigenvalue weighted by atomic mass is 15.2. The van der Waals surface area contributed by atoms with Crippen molar-refractivity contribution in [3.63, 3.8) is 0 Å².